The molecule has 2 aromatic carbocycles. The number of para-hydroxylation sites is 2. The molecule has 2 heterocycles. The summed E-state index contributed by atoms with van der Waals surface area (Å²) in [5.74, 6) is 0.0146. The van der Waals surface area contributed by atoms with E-state index >= 15 is 0 Å². The van der Waals surface area contributed by atoms with Crippen LogP contribution in [0.25, 0.3) is 22.4 Å². The zero-order valence-corrected chi connectivity index (χ0v) is 13.9. The van der Waals surface area contributed by atoms with Crippen molar-refractivity contribution in [1.29, 1.82) is 0 Å². The Hall–Kier alpha value is -3.67. The largest absolute Gasteiger partial charge is 0.507 e. The summed E-state index contributed by atoms with van der Waals surface area (Å²) in [6.07, 6.45) is 1.65. The third-order valence-corrected chi connectivity index (χ3v) is 4.27. The van der Waals surface area contributed by atoms with Gasteiger partial charge in [0, 0.05) is 18.8 Å². The predicted octanol–water partition coefficient (Wildman–Crippen LogP) is 2.87. The summed E-state index contributed by atoms with van der Waals surface area (Å²) in [5.41, 5.74) is 1.58. The van der Waals surface area contributed by atoms with E-state index in [1.807, 2.05) is 6.07 Å². The Bertz CT molecular complexity index is 1200. The Balaban J connectivity index is 1.82. The third kappa shape index (κ3) is 2.57. The van der Waals surface area contributed by atoms with Crippen molar-refractivity contribution in [2.24, 2.45) is 7.05 Å². The third-order valence-electron chi connectivity index (χ3n) is 4.27. The molecule has 2 N–H and O–H groups in total. The van der Waals surface area contributed by atoms with Crippen molar-refractivity contribution >= 4 is 16.7 Å². The summed E-state index contributed by atoms with van der Waals surface area (Å²) in [5, 5.41) is 10.4. The van der Waals surface area contributed by atoms with Crippen LogP contribution in [0.1, 0.15) is 15.9 Å². The second-order valence-corrected chi connectivity index (χ2v) is 6.00. The summed E-state index contributed by atoms with van der Waals surface area (Å²) in [6, 6.07) is 15.1. The van der Waals surface area contributed by atoms with E-state index in [1.165, 1.54) is 6.07 Å². The van der Waals surface area contributed by atoms with E-state index in [4.69, 9.17) is 0 Å². The second kappa shape index (κ2) is 6.00. The van der Waals surface area contributed by atoms with Crippen LogP contribution >= 0.6 is 0 Å². The topological polar surface area (TPSA) is 88.0 Å². The van der Waals surface area contributed by atoms with E-state index in [-0.39, 0.29) is 22.7 Å². The minimum Gasteiger partial charge on any atom is -0.507 e. The summed E-state index contributed by atoms with van der Waals surface area (Å²) in [4.78, 5) is 32.2. The molecule has 4 rings (SSSR count). The molecule has 0 radical (unpaired) electrons. The second-order valence-electron chi connectivity index (χ2n) is 6.00. The Labute approximate surface area is 148 Å². The van der Waals surface area contributed by atoms with Crippen LogP contribution in [0, 0.1) is 0 Å². The molecule has 0 saturated heterocycles. The van der Waals surface area contributed by atoms with Crippen LogP contribution in [-0.2, 0) is 7.05 Å². The highest BCUT2D eigenvalue weighted by Gasteiger charge is 2.18. The highest BCUT2D eigenvalue weighted by Crippen LogP contribution is 2.24. The van der Waals surface area contributed by atoms with Gasteiger partial charge in [-0.1, -0.05) is 24.3 Å². The van der Waals surface area contributed by atoms with Crippen LogP contribution in [0.3, 0.4) is 0 Å². The number of aromatic amines is 1. The van der Waals surface area contributed by atoms with Crippen molar-refractivity contribution < 1.29 is 9.90 Å². The number of hydrogen-bond donors (Lipinski definition) is 2. The molecule has 0 aliphatic rings. The minimum atomic E-state index is -0.298. The van der Waals surface area contributed by atoms with Crippen LogP contribution in [0.4, 0.5) is 0 Å². The number of phenolic OH excluding ortho intramolecular Hbond substituents is 1. The molecule has 6 heteroatoms. The highest BCUT2D eigenvalue weighted by atomic mass is 16.3. The average molecular weight is 345 g/mol. The Morgan fingerprint density at radius 3 is 2.65 bits per heavy atom. The molecule has 2 aromatic heterocycles. The van der Waals surface area contributed by atoms with E-state index in [9.17, 15) is 14.7 Å². The van der Waals surface area contributed by atoms with Crippen LogP contribution < -0.4 is 5.56 Å². The maximum atomic E-state index is 12.7. The SMILES string of the molecule is Cn1cc(C(=O)c2ccccc2O)cc1-c1nc2ccccc2c(=O)[nH]1. The fourth-order valence-electron chi connectivity index (χ4n) is 2.95. The van der Waals surface area contributed by atoms with Gasteiger partial charge in [0.05, 0.1) is 22.2 Å². The van der Waals surface area contributed by atoms with Gasteiger partial charge in [0.2, 0.25) is 0 Å². The highest BCUT2D eigenvalue weighted by molar-refractivity contribution is 6.11. The van der Waals surface area contributed by atoms with Crippen molar-refractivity contribution in [1.82, 2.24) is 14.5 Å². The normalized spacial score (nSPS) is 11.0. The van der Waals surface area contributed by atoms with Gasteiger partial charge in [-0.25, -0.2) is 4.98 Å². The van der Waals surface area contributed by atoms with Gasteiger partial charge in [0.15, 0.2) is 11.6 Å². The maximum absolute atomic E-state index is 12.7. The molecule has 0 saturated carbocycles. The number of benzene rings is 2. The number of carbonyl (C=O) groups excluding carboxylic acids is 1. The number of phenols is 1. The lowest BCUT2D eigenvalue weighted by Crippen LogP contribution is -2.10. The smallest absolute Gasteiger partial charge is 0.259 e. The number of nitrogens with zero attached hydrogens (tertiary/aromatic N) is 2. The minimum absolute atomic E-state index is 0.0693. The van der Waals surface area contributed by atoms with E-state index in [1.54, 1.807) is 60.3 Å². The number of nitrogens with one attached hydrogen (secondary N) is 1. The number of rotatable bonds is 3. The molecule has 0 amide bonds. The number of aromatic nitrogens is 3. The zero-order chi connectivity index (χ0) is 18.3. The lowest BCUT2D eigenvalue weighted by molar-refractivity contribution is 0.103. The molecule has 0 aliphatic heterocycles. The zero-order valence-electron chi connectivity index (χ0n) is 13.9. The number of ketones is 1. The molecule has 0 fully saturated rings. The molecule has 0 spiro atoms. The molecule has 4 aromatic rings. The van der Waals surface area contributed by atoms with Crippen molar-refractivity contribution in [3.05, 3.63) is 82.3 Å². The van der Waals surface area contributed by atoms with Crippen molar-refractivity contribution in [2.75, 3.05) is 0 Å². The number of H-pyrrole nitrogens is 1. The fourth-order valence-corrected chi connectivity index (χ4v) is 2.95. The van der Waals surface area contributed by atoms with Gasteiger partial charge >= 0.3 is 0 Å². The van der Waals surface area contributed by atoms with Gasteiger partial charge < -0.3 is 14.7 Å². The van der Waals surface area contributed by atoms with Gasteiger partial charge in [-0.05, 0) is 30.3 Å². The molecule has 26 heavy (non-hydrogen) atoms. The van der Waals surface area contributed by atoms with E-state index in [2.05, 4.69) is 9.97 Å². The number of fused-ring (bicyclic) bond motifs is 1. The van der Waals surface area contributed by atoms with Gasteiger partial charge in [-0.3, -0.25) is 9.59 Å². The standard InChI is InChI=1S/C20H15N3O3/c1-23-11-12(18(25)14-7-3-5-9-17(14)24)10-16(23)19-21-15-8-4-2-6-13(15)20(26)22-19/h2-11,24H,1H3,(H,21,22,26). The molecule has 0 bridgehead atoms. The Morgan fingerprint density at radius 2 is 1.85 bits per heavy atom. The number of carbonyl (C=O) groups is 1. The van der Waals surface area contributed by atoms with Crippen molar-refractivity contribution in [3.8, 4) is 17.3 Å². The van der Waals surface area contributed by atoms with Crippen LogP contribution in [0.5, 0.6) is 5.75 Å². The molecular weight excluding hydrogens is 330 g/mol. The number of aromatic hydroxyl groups is 1. The van der Waals surface area contributed by atoms with Gasteiger partial charge in [-0.15, -0.1) is 0 Å². The van der Waals surface area contributed by atoms with E-state index in [0.717, 1.165) is 0 Å². The molecular formula is C20H15N3O3. The first-order valence-corrected chi connectivity index (χ1v) is 8.03. The first-order chi connectivity index (χ1) is 12.5. The molecule has 0 unspecified atom stereocenters. The van der Waals surface area contributed by atoms with Gasteiger partial charge in [0.25, 0.3) is 5.56 Å². The first kappa shape index (κ1) is 15.8. The van der Waals surface area contributed by atoms with Gasteiger partial charge in [0.1, 0.15) is 5.75 Å². The predicted molar refractivity (Wildman–Crippen MR) is 98.3 cm³/mol. The quantitative estimate of drug-likeness (QED) is 0.559. The number of aryl methyl sites for hydroxylation is 1. The average Bonchev–Trinajstić information content (AvgIpc) is 3.03. The van der Waals surface area contributed by atoms with Crippen LogP contribution in [-0.4, -0.2) is 25.4 Å². The lowest BCUT2D eigenvalue weighted by atomic mass is 10.0. The summed E-state index contributed by atoms with van der Waals surface area (Å²) >= 11 is 0. The summed E-state index contributed by atoms with van der Waals surface area (Å²) < 4.78 is 1.72. The number of hydrogen-bond acceptors (Lipinski definition) is 4. The molecule has 128 valence electrons. The van der Waals surface area contributed by atoms with Crippen LogP contribution in [0.15, 0.2) is 65.6 Å². The molecule has 0 atom stereocenters. The Morgan fingerprint density at radius 1 is 1.12 bits per heavy atom. The van der Waals surface area contributed by atoms with E-state index in [0.29, 0.717) is 28.0 Å². The molecule has 6 nitrogen and oxygen atoms in total. The molecule has 0 aliphatic carbocycles. The Kier molecular flexibility index (Phi) is 3.65. The fraction of sp³-hybridized carbons (Fsp3) is 0.0500. The van der Waals surface area contributed by atoms with Crippen molar-refractivity contribution in [3.63, 3.8) is 0 Å². The van der Waals surface area contributed by atoms with Crippen molar-refractivity contribution in [2.45, 2.75) is 0 Å². The maximum Gasteiger partial charge on any atom is 0.259 e. The van der Waals surface area contributed by atoms with E-state index < -0.39 is 0 Å². The monoisotopic (exact) mass is 345 g/mol. The summed E-state index contributed by atoms with van der Waals surface area (Å²) in [7, 11) is 1.77. The van der Waals surface area contributed by atoms with Gasteiger partial charge in [-0.2, -0.15) is 0 Å². The summed E-state index contributed by atoms with van der Waals surface area (Å²) in [6.45, 7) is 0. The van der Waals surface area contributed by atoms with Crippen LogP contribution in [0.2, 0.25) is 0 Å². The first-order valence-electron chi connectivity index (χ1n) is 8.03. The lowest BCUT2D eigenvalue weighted by Gasteiger charge is -2.03.